The number of aromatic nitrogens is 1. The Kier molecular flexibility index (Phi) is 5.82. The number of fused-ring (bicyclic) bond motifs is 1. The molecule has 29 heavy (non-hydrogen) atoms. The number of carbonyl (C=O) groups excluding carboxylic acids is 1. The summed E-state index contributed by atoms with van der Waals surface area (Å²) in [6, 6.07) is 7.68. The summed E-state index contributed by atoms with van der Waals surface area (Å²) in [7, 11) is -3.54. The minimum atomic E-state index is -3.54. The summed E-state index contributed by atoms with van der Waals surface area (Å²) >= 11 is 1.33. The molecule has 154 valence electrons. The maximum atomic E-state index is 12.7. The summed E-state index contributed by atoms with van der Waals surface area (Å²) in [6.45, 7) is 3.23. The number of rotatable bonds is 5. The number of sulfonamides is 1. The van der Waals surface area contributed by atoms with Crippen molar-refractivity contribution in [3.63, 3.8) is 0 Å². The molecule has 1 saturated heterocycles. The molecule has 0 bridgehead atoms. The summed E-state index contributed by atoms with van der Waals surface area (Å²) in [5, 5.41) is 4.57. The second kappa shape index (κ2) is 8.35. The minimum absolute atomic E-state index is 0.181. The molecule has 7 nitrogen and oxygen atoms in total. The first-order valence-corrected chi connectivity index (χ1v) is 11.9. The Hall–Kier alpha value is -2.07. The van der Waals surface area contributed by atoms with Gasteiger partial charge in [0.1, 0.15) is 6.10 Å². The van der Waals surface area contributed by atoms with E-state index in [1.165, 1.54) is 21.1 Å². The number of benzene rings is 1. The van der Waals surface area contributed by atoms with Crippen LogP contribution < -0.4 is 5.32 Å². The van der Waals surface area contributed by atoms with Gasteiger partial charge in [0.05, 0.1) is 12.2 Å². The lowest BCUT2D eigenvalue weighted by Gasteiger charge is -2.23. The van der Waals surface area contributed by atoms with Crippen molar-refractivity contribution in [2.24, 2.45) is 0 Å². The molecule has 2 aliphatic rings. The van der Waals surface area contributed by atoms with Crippen LogP contribution in [0.1, 0.15) is 34.5 Å². The predicted molar refractivity (Wildman–Crippen MR) is 113 cm³/mol. The number of thiazole rings is 1. The summed E-state index contributed by atoms with van der Waals surface area (Å²) in [5.41, 5.74) is 2.82. The van der Waals surface area contributed by atoms with E-state index >= 15 is 0 Å². The van der Waals surface area contributed by atoms with Crippen molar-refractivity contribution >= 4 is 38.5 Å². The lowest BCUT2D eigenvalue weighted by atomic mass is 10.2. The van der Waals surface area contributed by atoms with Crippen LogP contribution in [0.4, 0.5) is 5.13 Å². The fourth-order valence-corrected chi connectivity index (χ4v) is 5.61. The number of anilines is 1. The van der Waals surface area contributed by atoms with E-state index in [0.717, 1.165) is 34.5 Å². The molecule has 1 aromatic heterocycles. The number of ether oxygens (including phenoxy) is 1. The van der Waals surface area contributed by atoms with Gasteiger partial charge >= 0.3 is 0 Å². The highest BCUT2D eigenvalue weighted by molar-refractivity contribution is 7.92. The molecule has 9 heteroatoms. The molecule has 3 heterocycles. The molecule has 0 radical (unpaired) electrons. The Labute approximate surface area is 174 Å². The van der Waals surface area contributed by atoms with Crippen LogP contribution in [-0.4, -0.2) is 42.9 Å². The number of nitrogens with one attached hydrogen (secondary N) is 1. The van der Waals surface area contributed by atoms with Crippen molar-refractivity contribution < 1.29 is 17.9 Å². The maximum Gasteiger partial charge on any atom is 0.255 e. The SMILES string of the molecule is Cc1ccc(/C=C/S(=O)(=O)N2CCc3nc(NC(=O)C4CCCO4)sc3C2)cc1. The molecule has 1 N–H and O–H groups in total. The molecule has 1 amide bonds. The van der Waals surface area contributed by atoms with E-state index in [-0.39, 0.29) is 12.5 Å². The molecule has 0 aliphatic carbocycles. The number of aryl methyl sites for hydroxylation is 1. The van der Waals surface area contributed by atoms with Gasteiger partial charge in [0.2, 0.25) is 10.0 Å². The Morgan fingerprint density at radius 1 is 1.34 bits per heavy atom. The van der Waals surface area contributed by atoms with Gasteiger partial charge in [-0.25, -0.2) is 13.4 Å². The molecule has 0 spiro atoms. The monoisotopic (exact) mass is 433 g/mol. The van der Waals surface area contributed by atoms with Gasteiger partial charge in [-0.2, -0.15) is 4.31 Å². The van der Waals surface area contributed by atoms with Crippen LogP contribution in [0.25, 0.3) is 6.08 Å². The van der Waals surface area contributed by atoms with Crippen LogP contribution >= 0.6 is 11.3 Å². The fraction of sp³-hybridized carbons (Fsp3) is 0.400. The lowest BCUT2D eigenvalue weighted by molar-refractivity contribution is -0.124. The van der Waals surface area contributed by atoms with E-state index < -0.39 is 16.1 Å². The number of amides is 1. The zero-order valence-electron chi connectivity index (χ0n) is 16.1. The lowest BCUT2D eigenvalue weighted by Crippen LogP contribution is -2.34. The molecule has 1 atom stereocenters. The van der Waals surface area contributed by atoms with E-state index in [4.69, 9.17) is 4.74 Å². The third-order valence-corrected chi connectivity index (χ3v) is 7.53. The van der Waals surface area contributed by atoms with E-state index in [0.29, 0.717) is 24.7 Å². The third kappa shape index (κ3) is 4.75. The molecule has 1 fully saturated rings. The minimum Gasteiger partial charge on any atom is -0.368 e. The van der Waals surface area contributed by atoms with Gasteiger partial charge in [0, 0.05) is 29.9 Å². The van der Waals surface area contributed by atoms with Crippen LogP contribution in [-0.2, 0) is 32.5 Å². The highest BCUT2D eigenvalue weighted by Gasteiger charge is 2.29. The number of nitrogens with zero attached hydrogens (tertiary/aromatic N) is 2. The largest absolute Gasteiger partial charge is 0.368 e. The molecule has 1 unspecified atom stereocenters. The van der Waals surface area contributed by atoms with E-state index in [2.05, 4.69) is 10.3 Å². The van der Waals surface area contributed by atoms with Crippen molar-refractivity contribution in [3.05, 3.63) is 51.4 Å². The van der Waals surface area contributed by atoms with Crippen LogP contribution in [0.5, 0.6) is 0 Å². The Balaban J connectivity index is 1.43. The maximum absolute atomic E-state index is 12.7. The van der Waals surface area contributed by atoms with Crippen LogP contribution in [0.3, 0.4) is 0 Å². The summed E-state index contributed by atoms with van der Waals surface area (Å²) in [4.78, 5) is 17.5. The molecular formula is C20H23N3O4S2. The average Bonchev–Trinajstić information content (AvgIpc) is 3.36. The van der Waals surface area contributed by atoms with Crippen molar-refractivity contribution in [2.45, 2.75) is 38.8 Å². The molecule has 4 rings (SSSR count). The number of hydrogen-bond acceptors (Lipinski definition) is 6. The average molecular weight is 434 g/mol. The standard InChI is InChI=1S/C20H23N3O4S2/c1-14-4-6-15(7-5-14)9-12-29(25,26)23-10-8-16-18(13-23)28-20(21-16)22-19(24)17-3-2-11-27-17/h4-7,9,12,17H,2-3,8,10-11,13H2,1H3,(H,21,22,24)/b12-9+. The van der Waals surface area contributed by atoms with Gasteiger partial charge in [-0.15, -0.1) is 11.3 Å². The normalized spacial score (nSPS) is 20.1. The third-order valence-electron chi connectivity index (χ3n) is 5.02. The molecule has 0 saturated carbocycles. The predicted octanol–water partition coefficient (Wildman–Crippen LogP) is 2.93. The zero-order valence-corrected chi connectivity index (χ0v) is 17.8. The smallest absolute Gasteiger partial charge is 0.255 e. The summed E-state index contributed by atoms with van der Waals surface area (Å²) in [6.07, 6.45) is 3.33. The highest BCUT2D eigenvalue weighted by Crippen LogP contribution is 2.30. The first-order chi connectivity index (χ1) is 13.9. The van der Waals surface area contributed by atoms with Crippen LogP contribution in [0.15, 0.2) is 29.7 Å². The molecule has 1 aromatic carbocycles. The van der Waals surface area contributed by atoms with Gasteiger partial charge in [0.15, 0.2) is 5.13 Å². The summed E-state index contributed by atoms with van der Waals surface area (Å²) in [5.74, 6) is -0.181. The van der Waals surface area contributed by atoms with Crippen molar-refractivity contribution in [1.82, 2.24) is 9.29 Å². The molecule has 2 aromatic rings. The van der Waals surface area contributed by atoms with E-state index in [1.807, 2.05) is 31.2 Å². The Morgan fingerprint density at radius 3 is 2.86 bits per heavy atom. The molecular weight excluding hydrogens is 410 g/mol. The molecule has 2 aliphatic heterocycles. The van der Waals surface area contributed by atoms with Gasteiger partial charge in [-0.05, 0) is 31.4 Å². The first-order valence-electron chi connectivity index (χ1n) is 9.57. The van der Waals surface area contributed by atoms with Crippen molar-refractivity contribution in [1.29, 1.82) is 0 Å². The van der Waals surface area contributed by atoms with Crippen LogP contribution in [0, 0.1) is 6.92 Å². The van der Waals surface area contributed by atoms with Gasteiger partial charge < -0.3 is 4.74 Å². The zero-order chi connectivity index (χ0) is 20.4. The topological polar surface area (TPSA) is 88.6 Å². The fourth-order valence-electron chi connectivity index (χ4n) is 3.34. The van der Waals surface area contributed by atoms with E-state index in [1.54, 1.807) is 6.08 Å². The number of hydrogen-bond donors (Lipinski definition) is 1. The summed E-state index contributed by atoms with van der Waals surface area (Å²) < 4.78 is 32.3. The van der Waals surface area contributed by atoms with Gasteiger partial charge in [0.25, 0.3) is 5.91 Å². The number of carbonyl (C=O) groups is 1. The highest BCUT2D eigenvalue weighted by atomic mass is 32.2. The van der Waals surface area contributed by atoms with Crippen molar-refractivity contribution in [2.75, 3.05) is 18.5 Å². The van der Waals surface area contributed by atoms with E-state index in [9.17, 15) is 13.2 Å². The van der Waals surface area contributed by atoms with Crippen LogP contribution in [0.2, 0.25) is 0 Å². The first kappa shape index (κ1) is 20.2. The quantitative estimate of drug-likeness (QED) is 0.783. The van der Waals surface area contributed by atoms with Gasteiger partial charge in [-0.1, -0.05) is 29.8 Å². The second-order valence-electron chi connectivity index (χ2n) is 7.22. The Bertz CT molecular complexity index is 1020. The van der Waals surface area contributed by atoms with Gasteiger partial charge in [-0.3, -0.25) is 10.1 Å². The Morgan fingerprint density at radius 2 is 2.14 bits per heavy atom. The van der Waals surface area contributed by atoms with Crippen molar-refractivity contribution in [3.8, 4) is 0 Å². The second-order valence-corrected chi connectivity index (χ2v) is 10.1.